The quantitative estimate of drug-likeness (QED) is 0.791. The summed E-state index contributed by atoms with van der Waals surface area (Å²) in [5, 5.41) is 15.5. The van der Waals surface area contributed by atoms with Gasteiger partial charge in [0.05, 0.1) is 6.10 Å². The van der Waals surface area contributed by atoms with Crippen LogP contribution in [0.2, 0.25) is 0 Å². The summed E-state index contributed by atoms with van der Waals surface area (Å²) in [5.41, 5.74) is 2.89. The van der Waals surface area contributed by atoms with E-state index in [0.29, 0.717) is 5.92 Å². The number of carbonyl (C=O) groups excluding carboxylic acids is 1. The van der Waals surface area contributed by atoms with Gasteiger partial charge in [-0.3, -0.25) is 0 Å². The van der Waals surface area contributed by atoms with Gasteiger partial charge < -0.3 is 15.7 Å². The minimum absolute atomic E-state index is 0.177. The van der Waals surface area contributed by atoms with Gasteiger partial charge in [-0.2, -0.15) is 0 Å². The first-order valence-electron chi connectivity index (χ1n) is 7.60. The molecule has 0 unspecified atom stereocenters. The van der Waals surface area contributed by atoms with Crippen LogP contribution in [0.5, 0.6) is 0 Å². The predicted octanol–water partition coefficient (Wildman–Crippen LogP) is 3.42. The van der Waals surface area contributed by atoms with Gasteiger partial charge in [-0.15, -0.1) is 0 Å². The summed E-state index contributed by atoms with van der Waals surface area (Å²) in [6, 6.07) is 16.9. The molecule has 0 radical (unpaired) electrons. The number of nitrogens with one attached hydrogen (secondary N) is 2. The standard InChI is InChI=1S/C18H20N2O2/c21-17(15-4-2-1-3-5-15)12-19-18(22)20-16-10-8-14(9-11-16)13-6-7-13/h1-5,8-11,13,17,21H,6-7,12H2,(H2,19,20,22)/t17-/m1/s1. The normalized spacial score (nSPS) is 15.1. The van der Waals surface area contributed by atoms with Crippen LogP contribution in [0.15, 0.2) is 54.6 Å². The van der Waals surface area contributed by atoms with Crippen molar-refractivity contribution in [1.29, 1.82) is 0 Å². The summed E-state index contributed by atoms with van der Waals surface area (Å²) in [5.74, 6) is 0.712. The summed E-state index contributed by atoms with van der Waals surface area (Å²) in [6.07, 6.45) is 1.83. The molecule has 2 aromatic carbocycles. The van der Waals surface area contributed by atoms with Crippen molar-refractivity contribution in [1.82, 2.24) is 5.32 Å². The predicted molar refractivity (Wildman–Crippen MR) is 86.8 cm³/mol. The van der Waals surface area contributed by atoms with Crippen LogP contribution in [0.25, 0.3) is 0 Å². The average Bonchev–Trinajstić information content (AvgIpc) is 3.39. The molecule has 3 N–H and O–H groups in total. The Morgan fingerprint density at radius 3 is 2.41 bits per heavy atom. The number of hydrogen-bond donors (Lipinski definition) is 3. The van der Waals surface area contributed by atoms with Crippen LogP contribution in [0.1, 0.15) is 36.0 Å². The molecule has 1 saturated carbocycles. The van der Waals surface area contributed by atoms with Crippen molar-refractivity contribution in [2.75, 3.05) is 11.9 Å². The second-order valence-corrected chi connectivity index (χ2v) is 5.66. The molecule has 22 heavy (non-hydrogen) atoms. The zero-order chi connectivity index (χ0) is 15.4. The van der Waals surface area contributed by atoms with Crippen LogP contribution in [0, 0.1) is 0 Å². The van der Waals surface area contributed by atoms with E-state index in [1.807, 2.05) is 42.5 Å². The number of carbonyl (C=O) groups is 1. The molecule has 0 heterocycles. The van der Waals surface area contributed by atoms with E-state index in [-0.39, 0.29) is 12.6 Å². The van der Waals surface area contributed by atoms with E-state index in [1.54, 1.807) is 0 Å². The first-order chi connectivity index (χ1) is 10.7. The van der Waals surface area contributed by atoms with E-state index in [9.17, 15) is 9.90 Å². The minimum atomic E-state index is -0.704. The summed E-state index contributed by atoms with van der Waals surface area (Å²) in [4.78, 5) is 11.8. The summed E-state index contributed by atoms with van der Waals surface area (Å²) in [6.45, 7) is 0.177. The van der Waals surface area contributed by atoms with E-state index in [1.165, 1.54) is 18.4 Å². The highest BCUT2D eigenvalue weighted by atomic mass is 16.3. The molecule has 0 spiro atoms. The van der Waals surface area contributed by atoms with Crippen LogP contribution in [-0.2, 0) is 0 Å². The van der Waals surface area contributed by atoms with Crippen molar-refractivity contribution >= 4 is 11.7 Å². The van der Waals surface area contributed by atoms with Gasteiger partial charge in [0.1, 0.15) is 0 Å². The summed E-state index contributed by atoms with van der Waals surface area (Å²) in [7, 11) is 0. The van der Waals surface area contributed by atoms with Gasteiger partial charge in [0.25, 0.3) is 0 Å². The van der Waals surface area contributed by atoms with E-state index < -0.39 is 6.10 Å². The number of amides is 2. The van der Waals surface area contributed by atoms with Crippen LogP contribution in [-0.4, -0.2) is 17.7 Å². The number of benzene rings is 2. The molecule has 0 aliphatic heterocycles. The Bertz CT molecular complexity index is 621. The molecule has 1 aliphatic rings. The van der Waals surface area contributed by atoms with Gasteiger partial charge in [-0.1, -0.05) is 42.5 Å². The van der Waals surface area contributed by atoms with Gasteiger partial charge in [0, 0.05) is 12.2 Å². The van der Waals surface area contributed by atoms with Crippen LogP contribution >= 0.6 is 0 Å². The fraction of sp³-hybridized carbons (Fsp3) is 0.278. The second-order valence-electron chi connectivity index (χ2n) is 5.66. The lowest BCUT2D eigenvalue weighted by Gasteiger charge is -2.13. The van der Waals surface area contributed by atoms with Crippen molar-refractivity contribution in [2.45, 2.75) is 24.9 Å². The molecule has 4 nitrogen and oxygen atoms in total. The first kappa shape index (κ1) is 14.6. The van der Waals surface area contributed by atoms with Crippen molar-refractivity contribution in [3.63, 3.8) is 0 Å². The largest absolute Gasteiger partial charge is 0.387 e. The summed E-state index contributed by atoms with van der Waals surface area (Å²) >= 11 is 0. The molecular formula is C18H20N2O2. The third kappa shape index (κ3) is 3.86. The maximum absolute atomic E-state index is 11.8. The Hall–Kier alpha value is -2.33. The Morgan fingerprint density at radius 2 is 1.77 bits per heavy atom. The highest BCUT2D eigenvalue weighted by Gasteiger charge is 2.22. The third-order valence-electron chi connectivity index (χ3n) is 3.86. The minimum Gasteiger partial charge on any atom is -0.387 e. The zero-order valence-corrected chi connectivity index (χ0v) is 12.3. The molecule has 0 aromatic heterocycles. The smallest absolute Gasteiger partial charge is 0.319 e. The Labute approximate surface area is 130 Å². The number of rotatable bonds is 5. The van der Waals surface area contributed by atoms with Crippen molar-refractivity contribution in [3.05, 3.63) is 65.7 Å². The Balaban J connectivity index is 1.47. The Kier molecular flexibility index (Phi) is 4.39. The molecule has 1 aliphatic carbocycles. The molecule has 2 amide bonds. The van der Waals surface area contributed by atoms with Crippen molar-refractivity contribution in [2.24, 2.45) is 0 Å². The molecule has 2 aromatic rings. The molecule has 1 atom stereocenters. The molecule has 1 fully saturated rings. The Morgan fingerprint density at radius 1 is 1.09 bits per heavy atom. The highest BCUT2D eigenvalue weighted by molar-refractivity contribution is 5.89. The van der Waals surface area contributed by atoms with Gasteiger partial charge in [0.2, 0.25) is 0 Å². The average molecular weight is 296 g/mol. The monoisotopic (exact) mass is 296 g/mol. The fourth-order valence-electron chi connectivity index (χ4n) is 2.41. The van der Waals surface area contributed by atoms with E-state index in [0.717, 1.165) is 11.3 Å². The van der Waals surface area contributed by atoms with Crippen LogP contribution in [0.4, 0.5) is 10.5 Å². The number of aliphatic hydroxyl groups excluding tert-OH is 1. The lowest BCUT2D eigenvalue weighted by atomic mass is 10.1. The number of aliphatic hydroxyl groups is 1. The number of urea groups is 1. The van der Waals surface area contributed by atoms with Crippen molar-refractivity contribution in [3.8, 4) is 0 Å². The molecule has 0 bridgehead atoms. The topological polar surface area (TPSA) is 61.4 Å². The van der Waals surface area contributed by atoms with E-state index in [2.05, 4.69) is 22.8 Å². The third-order valence-corrected chi connectivity index (χ3v) is 3.86. The van der Waals surface area contributed by atoms with Gasteiger partial charge in [0.15, 0.2) is 0 Å². The maximum atomic E-state index is 11.8. The van der Waals surface area contributed by atoms with Crippen LogP contribution in [0.3, 0.4) is 0 Å². The lowest BCUT2D eigenvalue weighted by Crippen LogP contribution is -2.32. The maximum Gasteiger partial charge on any atom is 0.319 e. The number of hydrogen-bond acceptors (Lipinski definition) is 2. The highest BCUT2D eigenvalue weighted by Crippen LogP contribution is 2.40. The lowest BCUT2D eigenvalue weighted by molar-refractivity contribution is 0.175. The molecular weight excluding hydrogens is 276 g/mol. The van der Waals surface area contributed by atoms with E-state index in [4.69, 9.17) is 0 Å². The first-order valence-corrected chi connectivity index (χ1v) is 7.60. The zero-order valence-electron chi connectivity index (χ0n) is 12.3. The van der Waals surface area contributed by atoms with Gasteiger partial charge >= 0.3 is 6.03 Å². The second kappa shape index (κ2) is 6.62. The molecule has 114 valence electrons. The van der Waals surface area contributed by atoms with E-state index >= 15 is 0 Å². The van der Waals surface area contributed by atoms with Gasteiger partial charge in [-0.25, -0.2) is 4.79 Å². The molecule has 3 rings (SSSR count). The molecule has 0 saturated heterocycles. The fourth-order valence-corrected chi connectivity index (χ4v) is 2.41. The number of anilines is 1. The van der Waals surface area contributed by atoms with Crippen molar-refractivity contribution < 1.29 is 9.90 Å². The van der Waals surface area contributed by atoms with Gasteiger partial charge in [-0.05, 0) is 42.0 Å². The SMILES string of the molecule is O=C(NC[C@@H](O)c1ccccc1)Nc1ccc(C2CC2)cc1. The molecule has 4 heteroatoms. The summed E-state index contributed by atoms with van der Waals surface area (Å²) < 4.78 is 0. The van der Waals surface area contributed by atoms with Crippen LogP contribution < -0.4 is 10.6 Å².